The average molecular weight is 349 g/mol. The molecule has 1 N–H and O–H groups in total. The highest BCUT2D eigenvalue weighted by Gasteiger charge is 2.32. The molecule has 0 amide bonds. The lowest BCUT2D eigenvalue weighted by Gasteiger charge is -2.24. The SMILES string of the molecule is COC(=O)c1cc(C)ccc1S(=O)(=O)N(C)C1CCNC1.Cl. The molecule has 1 fully saturated rings. The van der Waals surface area contributed by atoms with Gasteiger partial charge in [0.05, 0.1) is 17.6 Å². The van der Waals surface area contributed by atoms with Crippen molar-refractivity contribution in [1.82, 2.24) is 9.62 Å². The van der Waals surface area contributed by atoms with Gasteiger partial charge in [-0.15, -0.1) is 12.4 Å². The molecule has 0 aromatic heterocycles. The molecule has 8 heteroatoms. The van der Waals surface area contributed by atoms with Gasteiger partial charge in [-0.05, 0) is 32.0 Å². The first-order chi connectivity index (χ1) is 9.87. The van der Waals surface area contributed by atoms with Gasteiger partial charge in [-0.1, -0.05) is 11.6 Å². The van der Waals surface area contributed by atoms with Crippen molar-refractivity contribution in [3.8, 4) is 0 Å². The van der Waals surface area contributed by atoms with Crippen LogP contribution in [0.15, 0.2) is 23.1 Å². The summed E-state index contributed by atoms with van der Waals surface area (Å²) in [6, 6.07) is 4.59. The van der Waals surface area contributed by atoms with Gasteiger partial charge in [-0.3, -0.25) is 0 Å². The first kappa shape index (κ1) is 18.9. The summed E-state index contributed by atoms with van der Waals surface area (Å²) in [7, 11) is -0.941. The van der Waals surface area contributed by atoms with Crippen molar-refractivity contribution in [3.05, 3.63) is 29.3 Å². The van der Waals surface area contributed by atoms with E-state index in [1.54, 1.807) is 26.1 Å². The molecule has 0 bridgehead atoms. The first-order valence-corrected chi connectivity index (χ1v) is 8.19. The summed E-state index contributed by atoms with van der Waals surface area (Å²) in [6.45, 7) is 3.21. The van der Waals surface area contributed by atoms with Crippen molar-refractivity contribution in [2.24, 2.45) is 0 Å². The van der Waals surface area contributed by atoms with E-state index in [2.05, 4.69) is 5.32 Å². The van der Waals surface area contributed by atoms with Crippen LogP contribution in [0.25, 0.3) is 0 Å². The number of hydrogen-bond acceptors (Lipinski definition) is 5. The fourth-order valence-electron chi connectivity index (χ4n) is 2.44. The van der Waals surface area contributed by atoms with Crippen LogP contribution in [0, 0.1) is 6.92 Å². The van der Waals surface area contributed by atoms with E-state index in [0.29, 0.717) is 6.54 Å². The van der Waals surface area contributed by atoms with Gasteiger partial charge in [-0.2, -0.15) is 4.31 Å². The van der Waals surface area contributed by atoms with Crippen LogP contribution in [0.5, 0.6) is 0 Å². The van der Waals surface area contributed by atoms with Gasteiger partial charge in [0, 0.05) is 19.6 Å². The molecule has 1 saturated heterocycles. The third-order valence-corrected chi connectivity index (χ3v) is 5.71. The van der Waals surface area contributed by atoms with Gasteiger partial charge in [0.2, 0.25) is 10.0 Å². The standard InChI is InChI=1S/C14H20N2O4S.ClH/c1-10-4-5-13(12(8-10)14(17)20-3)21(18,19)16(2)11-6-7-15-9-11;/h4-5,8,11,15H,6-7,9H2,1-3H3;1H. The zero-order valence-electron chi connectivity index (χ0n) is 12.8. The average Bonchev–Trinajstić information content (AvgIpc) is 2.99. The second-order valence-electron chi connectivity index (χ2n) is 5.16. The number of carbonyl (C=O) groups excluding carboxylic acids is 1. The molecule has 124 valence electrons. The van der Waals surface area contributed by atoms with E-state index in [4.69, 9.17) is 4.74 Å². The fourth-order valence-corrected chi connectivity index (χ4v) is 3.98. The summed E-state index contributed by atoms with van der Waals surface area (Å²) in [5.41, 5.74) is 0.884. The Morgan fingerprint density at radius 2 is 2.09 bits per heavy atom. The molecule has 1 aromatic rings. The Morgan fingerprint density at radius 3 is 2.64 bits per heavy atom. The number of hydrogen-bond donors (Lipinski definition) is 1. The van der Waals surface area contributed by atoms with Crippen LogP contribution in [-0.4, -0.2) is 52.0 Å². The van der Waals surface area contributed by atoms with Crippen molar-refractivity contribution in [1.29, 1.82) is 0 Å². The molecule has 1 aliphatic heterocycles. The Balaban J connectivity index is 0.00000242. The fraction of sp³-hybridized carbons (Fsp3) is 0.500. The minimum Gasteiger partial charge on any atom is -0.465 e. The molecule has 6 nitrogen and oxygen atoms in total. The van der Waals surface area contributed by atoms with Gasteiger partial charge in [-0.25, -0.2) is 13.2 Å². The number of benzene rings is 1. The van der Waals surface area contributed by atoms with Crippen LogP contribution in [0.3, 0.4) is 0 Å². The molecule has 1 aromatic carbocycles. The third-order valence-electron chi connectivity index (χ3n) is 3.75. The largest absolute Gasteiger partial charge is 0.465 e. The molecule has 0 aliphatic carbocycles. The predicted molar refractivity (Wildman–Crippen MR) is 86.0 cm³/mol. The van der Waals surface area contributed by atoms with Crippen molar-refractivity contribution in [2.75, 3.05) is 27.2 Å². The summed E-state index contributed by atoms with van der Waals surface area (Å²) in [6.07, 6.45) is 0.759. The number of aryl methyl sites for hydroxylation is 1. The molecule has 0 saturated carbocycles. The minimum atomic E-state index is -3.73. The van der Waals surface area contributed by atoms with Crippen LogP contribution in [0.2, 0.25) is 0 Å². The number of likely N-dealkylation sites (N-methyl/N-ethyl adjacent to an activating group) is 1. The number of carbonyl (C=O) groups is 1. The second kappa shape index (κ2) is 7.41. The van der Waals surface area contributed by atoms with E-state index in [1.807, 2.05) is 0 Å². The number of nitrogens with one attached hydrogen (secondary N) is 1. The lowest BCUT2D eigenvalue weighted by Crippen LogP contribution is -2.38. The van der Waals surface area contributed by atoms with E-state index in [1.165, 1.54) is 17.5 Å². The number of ether oxygens (including phenoxy) is 1. The molecular weight excluding hydrogens is 328 g/mol. The van der Waals surface area contributed by atoms with Gasteiger partial charge in [0.1, 0.15) is 0 Å². The highest BCUT2D eigenvalue weighted by molar-refractivity contribution is 7.89. The molecule has 1 unspecified atom stereocenters. The van der Waals surface area contributed by atoms with Gasteiger partial charge >= 0.3 is 5.97 Å². The van der Waals surface area contributed by atoms with E-state index in [-0.39, 0.29) is 28.9 Å². The highest BCUT2D eigenvalue weighted by atomic mass is 35.5. The summed E-state index contributed by atoms with van der Waals surface area (Å²) >= 11 is 0. The summed E-state index contributed by atoms with van der Waals surface area (Å²) in [4.78, 5) is 11.9. The molecule has 1 heterocycles. The molecular formula is C14H21ClN2O4S. The monoisotopic (exact) mass is 348 g/mol. The van der Waals surface area contributed by atoms with Crippen molar-refractivity contribution < 1.29 is 17.9 Å². The Labute approximate surface area is 137 Å². The van der Waals surface area contributed by atoms with E-state index < -0.39 is 16.0 Å². The molecule has 0 radical (unpaired) electrons. The molecule has 22 heavy (non-hydrogen) atoms. The maximum Gasteiger partial charge on any atom is 0.339 e. The Morgan fingerprint density at radius 1 is 1.41 bits per heavy atom. The molecule has 1 aliphatic rings. The zero-order valence-corrected chi connectivity index (χ0v) is 14.5. The number of rotatable bonds is 4. The van der Waals surface area contributed by atoms with Crippen LogP contribution in [-0.2, 0) is 14.8 Å². The maximum absolute atomic E-state index is 12.8. The van der Waals surface area contributed by atoms with Gasteiger partial charge in [0.25, 0.3) is 0 Å². The number of halogens is 1. The van der Waals surface area contributed by atoms with E-state index in [0.717, 1.165) is 18.5 Å². The topological polar surface area (TPSA) is 75.7 Å². The van der Waals surface area contributed by atoms with Crippen LogP contribution in [0.4, 0.5) is 0 Å². The Kier molecular flexibility index (Phi) is 6.37. The lowest BCUT2D eigenvalue weighted by molar-refractivity contribution is 0.0596. The second-order valence-corrected chi connectivity index (χ2v) is 7.12. The Hall–Kier alpha value is -1.15. The van der Waals surface area contributed by atoms with Crippen LogP contribution in [0.1, 0.15) is 22.3 Å². The number of esters is 1. The lowest BCUT2D eigenvalue weighted by atomic mass is 10.1. The van der Waals surface area contributed by atoms with Gasteiger partial charge in [0.15, 0.2) is 0 Å². The van der Waals surface area contributed by atoms with Crippen LogP contribution >= 0.6 is 12.4 Å². The quantitative estimate of drug-likeness (QED) is 0.827. The summed E-state index contributed by atoms with van der Waals surface area (Å²) < 4.78 is 31.6. The predicted octanol–water partition coefficient (Wildman–Crippen LogP) is 1.19. The third kappa shape index (κ3) is 3.60. The molecule has 0 spiro atoms. The normalized spacial score (nSPS) is 18.1. The van der Waals surface area contributed by atoms with Crippen LogP contribution < -0.4 is 5.32 Å². The van der Waals surface area contributed by atoms with Crippen molar-refractivity contribution in [2.45, 2.75) is 24.3 Å². The zero-order chi connectivity index (χ0) is 15.6. The maximum atomic E-state index is 12.8. The summed E-state index contributed by atoms with van der Waals surface area (Å²) in [5.74, 6) is -0.643. The smallest absolute Gasteiger partial charge is 0.339 e. The van der Waals surface area contributed by atoms with Crippen molar-refractivity contribution >= 4 is 28.4 Å². The first-order valence-electron chi connectivity index (χ1n) is 6.75. The number of sulfonamides is 1. The molecule has 1 atom stereocenters. The van der Waals surface area contributed by atoms with E-state index in [9.17, 15) is 13.2 Å². The number of methoxy groups -OCH3 is 1. The summed E-state index contributed by atoms with van der Waals surface area (Å²) in [5, 5.41) is 3.14. The molecule has 2 rings (SSSR count). The highest BCUT2D eigenvalue weighted by Crippen LogP contribution is 2.24. The number of nitrogens with zero attached hydrogens (tertiary/aromatic N) is 1. The van der Waals surface area contributed by atoms with Gasteiger partial charge < -0.3 is 10.1 Å². The van der Waals surface area contributed by atoms with E-state index >= 15 is 0 Å². The Bertz CT molecular complexity index is 642. The minimum absolute atomic E-state index is 0. The van der Waals surface area contributed by atoms with Crippen molar-refractivity contribution in [3.63, 3.8) is 0 Å².